The predicted octanol–water partition coefficient (Wildman–Crippen LogP) is 5.85. The van der Waals surface area contributed by atoms with Crippen LogP contribution in [0.4, 0.5) is 16.3 Å². The molecule has 0 radical (unpaired) electrons. The minimum Gasteiger partial charge on any atom is -0.306 e. The van der Waals surface area contributed by atoms with Gasteiger partial charge in [0.05, 0.1) is 12.2 Å². The van der Waals surface area contributed by atoms with E-state index in [4.69, 9.17) is 28.2 Å². The molecule has 0 fully saturated rings. The number of anilines is 2. The van der Waals surface area contributed by atoms with Gasteiger partial charge >= 0.3 is 6.03 Å². The second-order valence-electron chi connectivity index (χ2n) is 8.27. The number of aromatic nitrogens is 4. The summed E-state index contributed by atoms with van der Waals surface area (Å²) in [6.07, 6.45) is 0. The van der Waals surface area contributed by atoms with Crippen LogP contribution in [0.25, 0.3) is 11.0 Å². The SMILES string of the molecule is Cc1nn(C)c2nc(N(Cc3ccccc3)NC(=O)Nc3cc(Cl)nc(Cl)c3)cc(C(C)C)c12. The van der Waals surface area contributed by atoms with Gasteiger partial charge in [0.2, 0.25) is 0 Å². The van der Waals surface area contributed by atoms with Crippen LogP contribution in [-0.4, -0.2) is 25.8 Å². The summed E-state index contributed by atoms with van der Waals surface area (Å²) in [6, 6.07) is 14.4. The largest absolute Gasteiger partial charge is 0.338 e. The molecule has 2 amide bonds. The van der Waals surface area contributed by atoms with Gasteiger partial charge < -0.3 is 5.32 Å². The standard InChI is InChI=1S/C24H25Cl2N7O/c1-14(2)18-12-21(29-23-22(18)15(3)30-32(23)4)33(13-16-8-6-5-7-9-16)31-24(34)27-17-10-19(25)28-20(26)11-17/h5-12,14H,13H2,1-4H3,(H2,27,28,31,34). The van der Waals surface area contributed by atoms with E-state index in [2.05, 4.69) is 34.7 Å². The molecular formula is C24H25Cl2N7O. The zero-order valence-electron chi connectivity index (χ0n) is 19.3. The summed E-state index contributed by atoms with van der Waals surface area (Å²) in [6.45, 7) is 6.64. The summed E-state index contributed by atoms with van der Waals surface area (Å²) >= 11 is 11.9. The van der Waals surface area contributed by atoms with Crippen molar-refractivity contribution in [2.75, 3.05) is 10.3 Å². The Morgan fingerprint density at radius 2 is 1.76 bits per heavy atom. The minimum atomic E-state index is -0.469. The fraction of sp³-hybridized carbons (Fsp3) is 0.250. The maximum atomic E-state index is 12.9. The number of fused-ring (bicyclic) bond motifs is 1. The molecule has 1 aromatic carbocycles. The van der Waals surface area contributed by atoms with Crippen molar-refractivity contribution in [3.63, 3.8) is 0 Å². The van der Waals surface area contributed by atoms with Gasteiger partial charge in [0, 0.05) is 18.1 Å². The van der Waals surface area contributed by atoms with Crippen LogP contribution in [-0.2, 0) is 13.6 Å². The Hall–Kier alpha value is -3.36. The Morgan fingerprint density at radius 3 is 2.41 bits per heavy atom. The molecular weight excluding hydrogens is 473 g/mol. The number of carbonyl (C=O) groups is 1. The van der Waals surface area contributed by atoms with E-state index < -0.39 is 6.03 Å². The lowest BCUT2D eigenvalue weighted by atomic mass is 9.99. The first-order valence-corrected chi connectivity index (χ1v) is 11.5. The second-order valence-corrected chi connectivity index (χ2v) is 9.05. The number of nitrogens with one attached hydrogen (secondary N) is 2. The number of pyridine rings is 2. The molecule has 0 bridgehead atoms. The lowest BCUT2D eigenvalue weighted by Gasteiger charge is -2.26. The van der Waals surface area contributed by atoms with Crippen molar-refractivity contribution in [1.82, 2.24) is 25.2 Å². The van der Waals surface area contributed by atoms with Gasteiger partial charge in [-0.1, -0.05) is 67.4 Å². The third-order valence-electron chi connectivity index (χ3n) is 5.32. The molecule has 0 saturated heterocycles. The van der Waals surface area contributed by atoms with Crippen LogP contribution in [0.3, 0.4) is 0 Å². The number of benzene rings is 1. The van der Waals surface area contributed by atoms with E-state index in [1.165, 1.54) is 12.1 Å². The van der Waals surface area contributed by atoms with E-state index in [1.807, 2.05) is 50.4 Å². The molecule has 10 heteroatoms. The lowest BCUT2D eigenvalue weighted by Crippen LogP contribution is -2.44. The summed E-state index contributed by atoms with van der Waals surface area (Å²) in [5.41, 5.74) is 7.13. The predicted molar refractivity (Wildman–Crippen MR) is 136 cm³/mol. The van der Waals surface area contributed by atoms with Crippen molar-refractivity contribution in [2.24, 2.45) is 7.05 Å². The highest BCUT2D eigenvalue weighted by Gasteiger charge is 2.20. The monoisotopic (exact) mass is 497 g/mol. The Labute approximate surface area is 207 Å². The molecule has 34 heavy (non-hydrogen) atoms. The van der Waals surface area contributed by atoms with Gasteiger partial charge in [-0.3, -0.25) is 9.69 Å². The van der Waals surface area contributed by atoms with Crippen molar-refractivity contribution >= 4 is 51.8 Å². The number of hydrazine groups is 1. The molecule has 0 aliphatic heterocycles. The van der Waals surface area contributed by atoms with Gasteiger partial charge in [-0.25, -0.2) is 20.2 Å². The van der Waals surface area contributed by atoms with Crippen LogP contribution < -0.4 is 15.8 Å². The second kappa shape index (κ2) is 9.87. The fourth-order valence-electron chi connectivity index (χ4n) is 3.82. The quantitative estimate of drug-likeness (QED) is 0.257. The topological polar surface area (TPSA) is 88.0 Å². The molecule has 8 nitrogen and oxygen atoms in total. The van der Waals surface area contributed by atoms with Gasteiger partial charge in [0.25, 0.3) is 0 Å². The fourth-order valence-corrected chi connectivity index (χ4v) is 4.28. The molecule has 3 heterocycles. The Morgan fingerprint density at radius 1 is 1.09 bits per heavy atom. The van der Waals surface area contributed by atoms with E-state index in [1.54, 1.807) is 9.69 Å². The van der Waals surface area contributed by atoms with Crippen LogP contribution in [0.15, 0.2) is 48.5 Å². The lowest BCUT2D eigenvalue weighted by molar-refractivity contribution is 0.251. The molecule has 0 spiro atoms. The van der Waals surface area contributed by atoms with E-state index in [0.29, 0.717) is 18.1 Å². The highest BCUT2D eigenvalue weighted by Crippen LogP contribution is 2.30. The van der Waals surface area contributed by atoms with Crippen molar-refractivity contribution < 1.29 is 4.79 Å². The first-order valence-electron chi connectivity index (χ1n) is 10.8. The molecule has 0 aliphatic carbocycles. The summed E-state index contributed by atoms with van der Waals surface area (Å²) in [5, 5.41) is 10.4. The van der Waals surface area contributed by atoms with Crippen LogP contribution >= 0.6 is 23.2 Å². The minimum absolute atomic E-state index is 0.184. The maximum Gasteiger partial charge on any atom is 0.338 e. The first-order chi connectivity index (χ1) is 16.2. The van der Waals surface area contributed by atoms with Crippen LogP contribution in [0, 0.1) is 6.92 Å². The Kier molecular flexibility index (Phi) is 6.90. The molecule has 2 N–H and O–H groups in total. The molecule has 0 unspecified atom stereocenters. The number of urea groups is 1. The molecule has 3 aromatic heterocycles. The smallest absolute Gasteiger partial charge is 0.306 e. The summed E-state index contributed by atoms with van der Waals surface area (Å²) in [7, 11) is 1.87. The molecule has 176 valence electrons. The van der Waals surface area contributed by atoms with Crippen molar-refractivity contribution in [2.45, 2.75) is 33.2 Å². The average Bonchev–Trinajstić information content (AvgIpc) is 3.06. The third-order valence-corrected chi connectivity index (χ3v) is 5.71. The Bertz CT molecular complexity index is 1320. The number of amides is 2. The van der Waals surface area contributed by atoms with Gasteiger partial charge in [-0.05, 0) is 42.2 Å². The van der Waals surface area contributed by atoms with Gasteiger partial charge in [-0.2, -0.15) is 5.10 Å². The van der Waals surface area contributed by atoms with E-state index in [9.17, 15) is 4.79 Å². The van der Waals surface area contributed by atoms with Gasteiger partial charge in [0.15, 0.2) is 5.65 Å². The summed E-state index contributed by atoms with van der Waals surface area (Å²) < 4.78 is 1.77. The zero-order valence-corrected chi connectivity index (χ0v) is 20.8. The van der Waals surface area contributed by atoms with Gasteiger partial charge in [-0.15, -0.1) is 0 Å². The van der Waals surface area contributed by atoms with E-state index in [0.717, 1.165) is 27.9 Å². The number of hydrogen-bond acceptors (Lipinski definition) is 5. The molecule has 0 atom stereocenters. The maximum absolute atomic E-state index is 12.9. The number of rotatable bonds is 6. The molecule has 0 saturated carbocycles. The van der Waals surface area contributed by atoms with Crippen molar-refractivity contribution in [3.05, 3.63) is 75.7 Å². The van der Waals surface area contributed by atoms with E-state index >= 15 is 0 Å². The van der Waals surface area contributed by atoms with Crippen molar-refractivity contribution in [1.29, 1.82) is 0 Å². The van der Waals surface area contributed by atoms with Crippen LogP contribution in [0.5, 0.6) is 0 Å². The third kappa shape index (κ3) is 5.24. The first kappa shape index (κ1) is 23.8. The summed E-state index contributed by atoms with van der Waals surface area (Å²) in [5.74, 6) is 0.838. The number of nitrogens with zero attached hydrogens (tertiary/aromatic N) is 5. The molecule has 0 aliphatic rings. The number of aryl methyl sites for hydroxylation is 2. The molecule has 4 aromatic rings. The van der Waals surface area contributed by atoms with Crippen molar-refractivity contribution in [3.8, 4) is 0 Å². The highest BCUT2D eigenvalue weighted by atomic mass is 35.5. The highest BCUT2D eigenvalue weighted by molar-refractivity contribution is 6.33. The Balaban J connectivity index is 1.72. The number of halogens is 2. The van der Waals surface area contributed by atoms with Gasteiger partial charge in [0.1, 0.15) is 16.1 Å². The normalized spacial score (nSPS) is 11.1. The van der Waals surface area contributed by atoms with Crippen LogP contribution in [0.2, 0.25) is 10.3 Å². The average molecular weight is 498 g/mol. The number of carbonyl (C=O) groups excluding carboxylic acids is 1. The van der Waals surface area contributed by atoms with Crippen LogP contribution in [0.1, 0.15) is 36.6 Å². The number of hydrogen-bond donors (Lipinski definition) is 2. The summed E-state index contributed by atoms with van der Waals surface area (Å²) in [4.78, 5) is 21.7. The zero-order chi connectivity index (χ0) is 24.4. The van der Waals surface area contributed by atoms with E-state index in [-0.39, 0.29) is 16.2 Å². The molecule has 4 rings (SSSR count).